The van der Waals surface area contributed by atoms with E-state index in [9.17, 15) is 14.4 Å². The molecule has 2 heterocycles. The van der Waals surface area contributed by atoms with Gasteiger partial charge in [0.25, 0.3) is 5.91 Å². The number of pyridine rings is 1. The summed E-state index contributed by atoms with van der Waals surface area (Å²) in [5.74, 6) is 1.08. The lowest BCUT2D eigenvalue weighted by Crippen LogP contribution is -2.29. The monoisotopic (exact) mass is 660 g/mol. The largest absolute Gasteiger partial charge is 0.455 e. The van der Waals surface area contributed by atoms with Crippen LogP contribution in [0.15, 0.2) is 66.7 Å². The quantitative estimate of drug-likeness (QED) is 0.183. The van der Waals surface area contributed by atoms with Crippen molar-refractivity contribution >= 4 is 35.0 Å². The van der Waals surface area contributed by atoms with Crippen LogP contribution in [0, 0.1) is 0 Å². The average molecular weight is 661 g/mol. The highest BCUT2D eigenvalue weighted by atomic mass is 16.5. The van der Waals surface area contributed by atoms with Crippen LogP contribution in [0.3, 0.4) is 0 Å². The van der Waals surface area contributed by atoms with Gasteiger partial charge in [0.2, 0.25) is 11.8 Å². The van der Waals surface area contributed by atoms with Crippen molar-refractivity contribution in [2.24, 2.45) is 0 Å². The number of aromatic nitrogens is 1. The number of carbonyl (C=O) groups excluding carboxylic acids is 3. The Balaban J connectivity index is 1.79. The van der Waals surface area contributed by atoms with Gasteiger partial charge >= 0.3 is 0 Å². The third-order valence-electron chi connectivity index (χ3n) is 9.05. The number of carbonyl (C=O) groups is 3. The van der Waals surface area contributed by atoms with Crippen LogP contribution in [0.5, 0.6) is 11.5 Å². The fraction of sp³-hybridized carbons (Fsp3) is 0.366. The topological polar surface area (TPSA) is 109 Å². The molecule has 0 aliphatic carbocycles. The molecule has 1 aliphatic heterocycles. The highest BCUT2D eigenvalue weighted by Gasteiger charge is 2.40. The van der Waals surface area contributed by atoms with Gasteiger partial charge in [-0.2, -0.15) is 0 Å². The standard InChI is InChI=1S/C41H48N4O4/c1-11-34(46)44-32-18-24(19-33(43-32)45-35(47)12-2)28-20-25(39(3,4)5)22-30-36(28)49-37-29(38(48)42-27-16-14-13-15-17-27)21-26(40(6,7)8)23-31(37)41(30,9)10/h13-23H,11-12H2,1-10H3,(H,42,48)(H2,43,44,45,46,47). The summed E-state index contributed by atoms with van der Waals surface area (Å²) in [7, 11) is 0. The lowest BCUT2D eigenvalue weighted by molar-refractivity contribution is -0.116. The number of hydrogen-bond acceptors (Lipinski definition) is 5. The maximum absolute atomic E-state index is 14.1. The molecule has 5 rings (SSSR count). The minimum absolute atomic E-state index is 0.196. The first kappa shape index (κ1) is 35.3. The molecule has 3 N–H and O–H groups in total. The average Bonchev–Trinajstić information content (AvgIpc) is 3.03. The van der Waals surface area contributed by atoms with Crippen molar-refractivity contribution in [1.82, 2.24) is 4.98 Å². The molecule has 49 heavy (non-hydrogen) atoms. The number of fused-ring (bicyclic) bond motifs is 2. The molecule has 0 saturated carbocycles. The summed E-state index contributed by atoms with van der Waals surface area (Å²) in [6.07, 6.45) is 0.547. The second-order valence-corrected chi connectivity index (χ2v) is 15.3. The van der Waals surface area contributed by atoms with Gasteiger partial charge in [0.1, 0.15) is 23.1 Å². The number of amides is 3. The number of nitrogens with one attached hydrogen (secondary N) is 3. The normalized spacial score (nSPS) is 13.4. The van der Waals surface area contributed by atoms with Gasteiger partial charge in [0.15, 0.2) is 0 Å². The zero-order chi connectivity index (χ0) is 35.9. The Morgan fingerprint density at radius 3 is 1.71 bits per heavy atom. The second-order valence-electron chi connectivity index (χ2n) is 15.3. The van der Waals surface area contributed by atoms with Gasteiger partial charge in [-0.15, -0.1) is 0 Å². The first-order valence-corrected chi connectivity index (χ1v) is 17.0. The van der Waals surface area contributed by atoms with E-state index in [1.54, 1.807) is 26.0 Å². The van der Waals surface area contributed by atoms with Crippen LogP contribution in [0.25, 0.3) is 11.1 Å². The van der Waals surface area contributed by atoms with Crippen LogP contribution in [-0.4, -0.2) is 22.7 Å². The van der Waals surface area contributed by atoms with E-state index in [2.05, 4.69) is 94.5 Å². The van der Waals surface area contributed by atoms with Crippen molar-refractivity contribution in [3.05, 3.63) is 94.5 Å². The van der Waals surface area contributed by atoms with E-state index in [-0.39, 0.29) is 41.4 Å². The number of rotatable bonds is 7. The predicted octanol–water partition coefficient (Wildman–Crippen LogP) is 9.72. The van der Waals surface area contributed by atoms with E-state index in [0.29, 0.717) is 39.9 Å². The molecular formula is C41H48N4O4. The Labute approximate surface area is 290 Å². The summed E-state index contributed by atoms with van der Waals surface area (Å²) in [5.41, 5.74) is 5.57. The molecule has 256 valence electrons. The van der Waals surface area contributed by atoms with E-state index >= 15 is 0 Å². The van der Waals surface area contributed by atoms with Crippen LogP contribution >= 0.6 is 0 Å². The van der Waals surface area contributed by atoms with E-state index in [1.807, 2.05) is 36.4 Å². The molecule has 4 aromatic rings. The molecule has 1 aromatic heterocycles. The van der Waals surface area contributed by atoms with Crippen LogP contribution in [0.4, 0.5) is 17.3 Å². The van der Waals surface area contributed by atoms with Crippen LogP contribution < -0.4 is 20.7 Å². The number of nitrogens with zero attached hydrogens (tertiary/aromatic N) is 1. The number of hydrogen-bond donors (Lipinski definition) is 3. The molecule has 3 aromatic carbocycles. The molecule has 0 radical (unpaired) electrons. The number of benzene rings is 3. The highest BCUT2D eigenvalue weighted by Crippen LogP contribution is 2.54. The number of anilines is 3. The van der Waals surface area contributed by atoms with Crippen molar-refractivity contribution in [2.45, 2.75) is 98.3 Å². The maximum atomic E-state index is 14.1. The molecule has 0 fully saturated rings. The third kappa shape index (κ3) is 7.38. The SMILES string of the molecule is CCC(=O)Nc1cc(-c2cc(C(C)(C)C)cc3c2Oc2c(C(=O)Nc4ccccc4)cc(C(C)(C)C)cc2C3(C)C)cc(NC(=O)CC)n1. The summed E-state index contributed by atoms with van der Waals surface area (Å²) in [6.45, 7) is 20.8. The molecule has 0 spiro atoms. The van der Waals surface area contributed by atoms with Gasteiger partial charge in [0.05, 0.1) is 5.56 Å². The minimum Gasteiger partial charge on any atom is -0.455 e. The maximum Gasteiger partial charge on any atom is 0.259 e. The van der Waals surface area contributed by atoms with Crippen molar-refractivity contribution in [3.63, 3.8) is 0 Å². The second kappa shape index (κ2) is 13.1. The predicted molar refractivity (Wildman–Crippen MR) is 198 cm³/mol. The Morgan fingerprint density at radius 1 is 0.694 bits per heavy atom. The van der Waals surface area contributed by atoms with E-state index in [0.717, 1.165) is 27.8 Å². The molecular weight excluding hydrogens is 612 g/mol. The molecule has 8 heteroatoms. The van der Waals surface area contributed by atoms with Crippen molar-refractivity contribution in [2.75, 3.05) is 16.0 Å². The summed E-state index contributed by atoms with van der Waals surface area (Å²) >= 11 is 0. The summed E-state index contributed by atoms with van der Waals surface area (Å²) in [5, 5.41) is 8.79. The Bertz CT molecular complexity index is 1900. The minimum atomic E-state index is -0.576. The fourth-order valence-electron chi connectivity index (χ4n) is 5.90. The number of para-hydroxylation sites is 1. The van der Waals surface area contributed by atoms with Crippen molar-refractivity contribution < 1.29 is 19.1 Å². The summed E-state index contributed by atoms with van der Waals surface area (Å²) in [4.78, 5) is 43.6. The van der Waals surface area contributed by atoms with Gasteiger partial charge in [-0.3, -0.25) is 14.4 Å². The van der Waals surface area contributed by atoms with Crippen LogP contribution in [0.1, 0.15) is 115 Å². The zero-order valence-electron chi connectivity index (χ0n) is 30.3. The fourth-order valence-corrected chi connectivity index (χ4v) is 5.90. The summed E-state index contributed by atoms with van der Waals surface area (Å²) in [6, 6.07) is 21.4. The molecule has 8 nitrogen and oxygen atoms in total. The molecule has 0 unspecified atom stereocenters. The van der Waals surface area contributed by atoms with Gasteiger partial charge < -0.3 is 20.7 Å². The molecule has 0 bridgehead atoms. The van der Waals surface area contributed by atoms with Gasteiger partial charge in [0, 0.05) is 40.6 Å². The van der Waals surface area contributed by atoms with Crippen molar-refractivity contribution in [1.29, 1.82) is 0 Å². The van der Waals surface area contributed by atoms with E-state index in [1.165, 1.54) is 0 Å². The Kier molecular flexibility index (Phi) is 9.48. The van der Waals surface area contributed by atoms with E-state index < -0.39 is 5.41 Å². The highest BCUT2D eigenvalue weighted by molar-refractivity contribution is 6.07. The molecule has 1 aliphatic rings. The molecule has 0 saturated heterocycles. The Morgan fingerprint density at radius 2 is 1.20 bits per heavy atom. The van der Waals surface area contributed by atoms with Gasteiger partial charge in [-0.05, 0) is 63.9 Å². The van der Waals surface area contributed by atoms with Crippen LogP contribution in [-0.2, 0) is 25.8 Å². The van der Waals surface area contributed by atoms with Gasteiger partial charge in [-0.1, -0.05) is 99.6 Å². The van der Waals surface area contributed by atoms with Crippen LogP contribution in [0.2, 0.25) is 0 Å². The molecule has 3 amide bonds. The Hall–Kier alpha value is -4.98. The molecule has 0 atom stereocenters. The van der Waals surface area contributed by atoms with Crippen molar-refractivity contribution in [3.8, 4) is 22.6 Å². The lowest BCUT2D eigenvalue weighted by Gasteiger charge is -2.39. The first-order chi connectivity index (χ1) is 22.9. The lowest BCUT2D eigenvalue weighted by atomic mass is 9.70. The third-order valence-corrected chi connectivity index (χ3v) is 9.05. The first-order valence-electron chi connectivity index (χ1n) is 17.0. The summed E-state index contributed by atoms with van der Waals surface area (Å²) < 4.78 is 6.95. The van der Waals surface area contributed by atoms with Gasteiger partial charge in [-0.25, -0.2) is 4.98 Å². The smallest absolute Gasteiger partial charge is 0.259 e. The zero-order valence-corrected chi connectivity index (χ0v) is 30.3. The van der Waals surface area contributed by atoms with E-state index in [4.69, 9.17) is 4.74 Å². The number of ether oxygens (including phenoxy) is 1.